The van der Waals surface area contributed by atoms with E-state index >= 15 is 0 Å². The molecule has 0 saturated carbocycles. The summed E-state index contributed by atoms with van der Waals surface area (Å²) >= 11 is 13.2. The number of benzene rings is 3. The minimum Gasteiger partial charge on any atom is -0.497 e. The van der Waals surface area contributed by atoms with E-state index in [0.717, 1.165) is 17.3 Å². The van der Waals surface area contributed by atoms with E-state index < -0.39 is 11.1 Å². The minimum absolute atomic E-state index is 0.0244. The zero-order valence-corrected chi connectivity index (χ0v) is 20.8. The topological polar surface area (TPSA) is 71.0 Å². The van der Waals surface area contributed by atoms with Crippen molar-refractivity contribution in [2.75, 3.05) is 12.4 Å². The van der Waals surface area contributed by atoms with Gasteiger partial charge >= 0.3 is 0 Å². The van der Waals surface area contributed by atoms with E-state index in [1.54, 1.807) is 37.4 Å². The molecule has 1 heterocycles. The lowest BCUT2D eigenvalue weighted by Crippen LogP contribution is -2.44. The quantitative estimate of drug-likeness (QED) is 0.405. The first-order valence-electron chi connectivity index (χ1n) is 10.5. The first-order chi connectivity index (χ1) is 16.8. The van der Waals surface area contributed by atoms with Crippen molar-refractivity contribution in [3.63, 3.8) is 0 Å². The van der Waals surface area contributed by atoms with Gasteiger partial charge in [-0.2, -0.15) is 0 Å². The number of hydrogen-bond acceptors (Lipinski definition) is 5. The van der Waals surface area contributed by atoms with Gasteiger partial charge in [-0.3, -0.25) is 14.5 Å². The van der Waals surface area contributed by atoms with E-state index in [1.807, 2.05) is 12.1 Å². The Labute approximate surface area is 216 Å². The smallest absolute Gasteiger partial charge is 0.238 e. The van der Waals surface area contributed by atoms with Crippen LogP contribution in [0.4, 0.5) is 15.8 Å². The van der Waals surface area contributed by atoms with Crippen LogP contribution in [-0.4, -0.2) is 34.2 Å². The second-order valence-electron chi connectivity index (χ2n) is 7.66. The fourth-order valence-electron chi connectivity index (χ4n) is 3.39. The standard InChI is InChI=1S/C25H20Cl2FN3O3S/c1-34-21-8-2-15(3-9-21)14-31-23(32)13-22(24(33)29-20-11-16(26)10-17(27)12-20)35-25(31)30-19-6-4-18(28)5-7-19/h2-12,22H,13-14H2,1H3,(H,29,33). The second kappa shape index (κ2) is 11.1. The average molecular weight is 532 g/mol. The maximum atomic E-state index is 13.4. The van der Waals surface area contributed by atoms with Gasteiger partial charge in [0.2, 0.25) is 11.8 Å². The van der Waals surface area contributed by atoms with Crippen molar-refractivity contribution in [2.24, 2.45) is 4.99 Å². The fourth-order valence-corrected chi connectivity index (χ4v) is 5.01. The summed E-state index contributed by atoms with van der Waals surface area (Å²) < 4.78 is 18.6. The molecule has 0 aliphatic carbocycles. The van der Waals surface area contributed by atoms with Crippen LogP contribution >= 0.6 is 35.0 Å². The average Bonchev–Trinajstić information content (AvgIpc) is 2.82. The molecule has 1 unspecified atom stereocenters. The number of amides is 2. The molecule has 0 radical (unpaired) electrons. The Morgan fingerprint density at radius 2 is 1.77 bits per heavy atom. The number of carbonyl (C=O) groups is 2. The van der Waals surface area contributed by atoms with Crippen molar-refractivity contribution in [3.05, 3.63) is 88.2 Å². The van der Waals surface area contributed by atoms with Crippen LogP contribution in [0.5, 0.6) is 5.75 Å². The molecule has 1 aliphatic rings. The van der Waals surface area contributed by atoms with Crippen molar-refractivity contribution in [1.82, 2.24) is 4.90 Å². The van der Waals surface area contributed by atoms with Crippen LogP contribution in [0.25, 0.3) is 0 Å². The normalized spacial score (nSPS) is 16.9. The number of methoxy groups -OCH3 is 1. The molecule has 180 valence electrons. The SMILES string of the molecule is COc1ccc(CN2C(=O)CC(C(=O)Nc3cc(Cl)cc(Cl)c3)SC2=Nc2ccc(F)cc2)cc1. The summed E-state index contributed by atoms with van der Waals surface area (Å²) in [6.45, 7) is 0.258. The fraction of sp³-hybridized carbons (Fsp3) is 0.160. The lowest BCUT2D eigenvalue weighted by Gasteiger charge is -2.32. The maximum Gasteiger partial charge on any atom is 0.238 e. The number of halogens is 3. The second-order valence-corrected chi connectivity index (χ2v) is 9.70. The highest BCUT2D eigenvalue weighted by molar-refractivity contribution is 8.15. The molecule has 1 atom stereocenters. The van der Waals surface area contributed by atoms with Crippen LogP contribution in [0, 0.1) is 5.82 Å². The molecule has 1 saturated heterocycles. The number of nitrogens with zero attached hydrogens (tertiary/aromatic N) is 2. The van der Waals surface area contributed by atoms with Crippen LogP contribution in [0.15, 0.2) is 71.7 Å². The zero-order valence-electron chi connectivity index (χ0n) is 18.5. The summed E-state index contributed by atoms with van der Waals surface area (Å²) in [5.74, 6) is -0.331. The highest BCUT2D eigenvalue weighted by Gasteiger charge is 2.36. The largest absolute Gasteiger partial charge is 0.497 e. The van der Waals surface area contributed by atoms with E-state index in [9.17, 15) is 14.0 Å². The van der Waals surface area contributed by atoms with Crippen LogP contribution in [-0.2, 0) is 16.1 Å². The molecule has 35 heavy (non-hydrogen) atoms. The van der Waals surface area contributed by atoms with Gasteiger partial charge in [-0.25, -0.2) is 9.38 Å². The van der Waals surface area contributed by atoms with Crippen molar-refractivity contribution >= 4 is 63.3 Å². The van der Waals surface area contributed by atoms with Crippen LogP contribution < -0.4 is 10.1 Å². The molecular formula is C25H20Cl2FN3O3S. The third-order valence-corrected chi connectivity index (χ3v) is 6.74. The molecular weight excluding hydrogens is 512 g/mol. The first-order valence-corrected chi connectivity index (χ1v) is 12.2. The Balaban J connectivity index is 1.59. The molecule has 2 amide bonds. The predicted octanol–water partition coefficient (Wildman–Crippen LogP) is 6.30. The van der Waals surface area contributed by atoms with Crippen LogP contribution in [0.2, 0.25) is 10.0 Å². The molecule has 0 bridgehead atoms. The van der Waals surface area contributed by atoms with Gasteiger partial charge in [-0.15, -0.1) is 0 Å². The predicted molar refractivity (Wildman–Crippen MR) is 138 cm³/mol. The summed E-state index contributed by atoms with van der Waals surface area (Å²) in [6, 6.07) is 17.6. The number of ether oxygens (including phenoxy) is 1. The summed E-state index contributed by atoms with van der Waals surface area (Å²) in [6.07, 6.45) is -0.0244. The van der Waals surface area contributed by atoms with Crippen molar-refractivity contribution in [3.8, 4) is 5.75 Å². The lowest BCUT2D eigenvalue weighted by atomic mass is 10.2. The van der Waals surface area contributed by atoms with Gasteiger partial charge in [-0.05, 0) is 60.2 Å². The third kappa shape index (κ3) is 6.54. The summed E-state index contributed by atoms with van der Waals surface area (Å²) in [5.41, 5.74) is 1.75. The number of amidine groups is 1. The number of rotatable bonds is 6. The van der Waals surface area contributed by atoms with Gasteiger partial charge < -0.3 is 10.1 Å². The molecule has 4 rings (SSSR count). The number of aliphatic imine (C=N–C) groups is 1. The van der Waals surface area contributed by atoms with Gasteiger partial charge in [0, 0.05) is 22.2 Å². The Bertz CT molecular complexity index is 1250. The number of thioether (sulfide) groups is 1. The molecule has 1 aliphatic heterocycles. The molecule has 1 N–H and O–H groups in total. The Morgan fingerprint density at radius 1 is 1.11 bits per heavy atom. The third-order valence-electron chi connectivity index (χ3n) is 5.11. The molecule has 0 spiro atoms. The monoisotopic (exact) mass is 531 g/mol. The molecule has 10 heteroatoms. The van der Waals surface area contributed by atoms with E-state index in [0.29, 0.717) is 32.3 Å². The summed E-state index contributed by atoms with van der Waals surface area (Å²) in [7, 11) is 1.58. The van der Waals surface area contributed by atoms with Gasteiger partial charge in [-0.1, -0.05) is 47.1 Å². The van der Waals surface area contributed by atoms with E-state index in [4.69, 9.17) is 27.9 Å². The van der Waals surface area contributed by atoms with E-state index in [2.05, 4.69) is 10.3 Å². The molecule has 0 aromatic heterocycles. The van der Waals surface area contributed by atoms with Crippen LogP contribution in [0.1, 0.15) is 12.0 Å². The summed E-state index contributed by atoms with van der Waals surface area (Å²) in [5, 5.41) is 3.13. The highest BCUT2D eigenvalue weighted by atomic mass is 35.5. The van der Waals surface area contributed by atoms with Gasteiger partial charge in [0.05, 0.1) is 19.3 Å². The molecule has 1 fully saturated rings. The van der Waals surface area contributed by atoms with Crippen molar-refractivity contribution < 1.29 is 18.7 Å². The molecule has 3 aromatic rings. The van der Waals surface area contributed by atoms with Crippen molar-refractivity contribution in [2.45, 2.75) is 18.2 Å². The van der Waals surface area contributed by atoms with Gasteiger partial charge in [0.1, 0.15) is 16.8 Å². The van der Waals surface area contributed by atoms with Gasteiger partial charge in [0.25, 0.3) is 0 Å². The maximum absolute atomic E-state index is 13.4. The van der Waals surface area contributed by atoms with Gasteiger partial charge in [0.15, 0.2) is 5.17 Å². The number of carbonyl (C=O) groups excluding carboxylic acids is 2. The van der Waals surface area contributed by atoms with E-state index in [-0.39, 0.29) is 24.8 Å². The Morgan fingerprint density at radius 3 is 2.40 bits per heavy atom. The number of anilines is 1. The number of hydrogen-bond donors (Lipinski definition) is 1. The lowest BCUT2D eigenvalue weighted by molar-refractivity contribution is -0.129. The van der Waals surface area contributed by atoms with Crippen LogP contribution in [0.3, 0.4) is 0 Å². The molecule has 3 aromatic carbocycles. The zero-order chi connectivity index (χ0) is 24.9. The highest BCUT2D eigenvalue weighted by Crippen LogP contribution is 2.32. The Kier molecular flexibility index (Phi) is 7.95. The van der Waals surface area contributed by atoms with E-state index in [1.165, 1.54) is 29.2 Å². The Hall–Kier alpha value is -3.07. The van der Waals surface area contributed by atoms with Crippen molar-refractivity contribution in [1.29, 1.82) is 0 Å². The minimum atomic E-state index is -0.730. The molecule has 6 nitrogen and oxygen atoms in total. The number of nitrogens with one attached hydrogen (secondary N) is 1. The first kappa shape index (κ1) is 25.0. The summed E-state index contributed by atoms with van der Waals surface area (Å²) in [4.78, 5) is 32.3.